The van der Waals surface area contributed by atoms with Crippen molar-refractivity contribution in [2.45, 2.75) is 26.6 Å². The maximum absolute atomic E-state index is 7.87. The van der Waals surface area contributed by atoms with Crippen LogP contribution >= 0.6 is 0 Å². The van der Waals surface area contributed by atoms with E-state index in [9.17, 15) is 0 Å². The molecule has 0 aromatic heterocycles. The van der Waals surface area contributed by atoms with Gasteiger partial charge in [0.2, 0.25) is 0 Å². The van der Waals surface area contributed by atoms with E-state index in [1.807, 2.05) is 6.92 Å². The fourth-order valence-corrected chi connectivity index (χ4v) is 1.17. The Balaban J connectivity index is 3.23. The largest absolute Gasteiger partial charge is 0.493 e. The molecule has 0 saturated heterocycles. The normalized spacial score (nSPS) is 16.2. The fourth-order valence-electron chi connectivity index (χ4n) is 1.17. The van der Waals surface area contributed by atoms with Crippen molar-refractivity contribution >= 4 is 0 Å². The number of benzene rings is 1. The Kier molecular flexibility index (Phi) is 2.50. The molecule has 0 radical (unpaired) electrons. The highest BCUT2D eigenvalue weighted by molar-refractivity contribution is 5.42. The summed E-state index contributed by atoms with van der Waals surface area (Å²) < 4.78 is 41.3. The van der Waals surface area contributed by atoms with Gasteiger partial charge < -0.3 is 9.47 Å². The van der Waals surface area contributed by atoms with E-state index in [-0.39, 0.29) is 5.56 Å². The Morgan fingerprint density at radius 1 is 1.29 bits per heavy atom. The molecule has 0 N–H and O–H groups in total. The van der Waals surface area contributed by atoms with Crippen molar-refractivity contribution in [1.29, 1.82) is 0 Å². The van der Waals surface area contributed by atoms with Crippen LogP contribution in [0.3, 0.4) is 0 Å². The van der Waals surface area contributed by atoms with Crippen LogP contribution < -0.4 is 9.47 Å². The van der Waals surface area contributed by atoms with Crippen LogP contribution in [-0.2, 0) is 6.37 Å². The molecule has 14 heavy (non-hydrogen) atoms. The van der Waals surface area contributed by atoms with E-state index in [1.165, 1.54) is 26.2 Å². The molecule has 78 valence electrons. The van der Waals surface area contributed by atoms with Gasteiger partial charge in [-0.3, -0.25) is 0 Å². The van der Waals surface area contributed by atoms with Gasteiger partial charge in [-0.25, -0.2) is 0 Å². The lowest BCUT2D eigenvalue weighted by molar-refractivity contribution is 0.310. The summed E-state index contributed by atoms with van der Waals surface area (Å²) in [5.74, 6) is 0.929. The van der Waals surface area contributed by atoms with Crippen LogP contribution in [0.25, 0.3) is 0 Å². The standard InChI is InChI=1S/C12H18O2/c1-4-6-10-7-8-11(13-3)12(9-10)14-5-2/h7-9H,4-6H2,1-3H3/i4D2,6D2. The van der Waals surface area contributed by atoms with Gasteiger partial charge in [-0.15, -0.1) is 0 Å². The Bertz CT molecular complexity index is 413. The Morgan fingerprint density at radius 2 is 2.07 bits per heavy atom. The molecule has 0 fully saturated rings. The first-order valence-corrected chi connectivity index (χ1v) is 4.55. The Morgan fingerprint density at radius 3 is 2.64 bits per heavy atom. The van der Waals surface area contributed by atoms with Gasteiger partial charge in [-0.05, 0) is 31.0 Å². The third-order valence-corrected chi connectivity index (χ3v) is 1.73. The predicted octanol–water partition coefficient (Wildman–Crippen LogP) is 3.05. The van der Waals surface area contributed by atoms with Gasteiger partial charge in [0.1, 0.15) is 0 Å². The molecule has 1 rings (SSSR count). The summed E-state index contributed by atoms with van der Waals surface area (Å²) in [7, 11) is 1.51. The van der Waals surface area contributed by atoms with Crippen LogP contribution in [0.5, 0.6) is 11.5 Å². The number of hydrogen-bond acceptors (Lipinski definition) is 2. The van der Waals surface area contributed by atoms with E-state index in [1.54, 1.807) is 6.07 Å². The average Bonchev–Trinajstić information content (AvgIpc) is 2.28. The zero-order valence-electron chi connectivity index (χ0n) is 12.8. The Hall–Kier alpha value is -1.18. The van der Waals surface area contributed by atoms with Crippen LogP contribution in [0.2, 0.25) is 0 Å². The van der Waals surface area contributed by atoms with E-state index < -0.39 is 12.7 Å². The number of hydrogen-bond donors (Lipinski definition) is 0. The van der Waals surface area contributed by atoms with Crippen LogP contribution in [-0.4, -0.2) is 13.7 Å². The molecule has 0 unspecified atom stereocenters. The molecule has 0 aliphatic carbocycles. The van der Waals surface area contributed by atoms with Gasteiger partial charge in [-0.1, -0.05) is 19.4 Å². The molecule has 0 aliphatic rings. The first kappa shape index (κ1) is 6.33. The van der Waals surface area contributed by atoms with Crippen molar-refractivity contribution in [2.75, 3.05) is 13.7 Å². The van der Waals surface area contributed by atoms with Crippen LogP contribution in [0, 0.1) is 0 Å². The molecular formula is C12H18O2. The van der Waals surface area contributed by atoms with Gasteiger partial charge in [0.15, 0.2) is 11.5 Å². The fraction of sp³-hybridized carbons (Fsp3) is 0.500. The molecule has 0 aliphatic heterocycles. The van der Waals surface area contributed by atoms with Crippen molar-refractivity contribution < 1.29 is 15.0 Å². The summed E-state index contributed by atoms with van der Waals surface area (Å²) in [5.41, 5.74) is 0.235. The summed E-state index contributed by atoms with van der Waals surface area (Å²) >= 11 is 0. The molecule has 0 atom stereocenters. The first-order valence-electron chi connectivity index (χ1n) is 6.55. The average molecular weight is 198 g/mol. The SMILES string of the molecule is [2H]C([2H])(C)C([2H])([2H])c1ccc(OC)c(OCC)c1. The lowest BCUT2D eigenvalue weighted by Crippen LogP contribution is -1.96. The Labute approximate surface area is 91.5 Å². The number of ether oxygens (including phenoxy) is 2. The topological polar surface area (TPSA) is 18.5 Å². The molecule has 2 heteroatoms. The van der Waals surface area contributed by atoms with Gasteiger partial charge in [-0.2, -0.15) is 0 Å². The molecular weight excluding hydrogens is 176 g/mol. The highest BCUT2D eigenvalue weighted by Gasteiger charge is 2.04. The first-order chi connectivity index (χ1) is 8.24. The minimum absolute atomic E-state index is 0.235. The summed E-state index contributed by atoms with van der Waals surface area (Å²) in [6.07, 6.45) is -4.07. The van der Waals surface area contributed by atoms with Crippen molar-refractivity contribution in [3.8, 4) is 11.5 Å². The number of rotatable bonds is 5. The van der Waals surface area contributed by atoms with Crippen LogP contribution in [0.15, 0.2) is 18.2 Å². The third kappa shape index (κ3) is 2.66. The van der Waals surface area contributed by atoms with E-state index in [0.29, 0.717) is 18.1 Å². The molecule has 1 aromatic rings. The highest BCUT2D eigenvalue weighted by Crippen LogP contribution is 2.28. The smallest absolute Gasteiger partial charge is 0.161 e. The zero-order valence-corrected chi connectivity index (χ0v) is 8.76. The maximum atomic E-state index is 7.87. The van der Waals surface area contributed by atoms with Gasteiger partial charge in [0, 0.05) is 5.48 Å². The van der Waals surface area contributed by atoms with Crippen molar-refractivity contribution in [1.82, 2.24) is 0 Å². The second-order valence-electron chi connectivity index (χ2n) is 2.67. The van der Waals surface area contributed by atoms with Gasteiger partial charge >= 0.3 is 0 Å². The van der Waals surface area contributed by atoms with Crippen molar-refractivity contribution in [2.24, 2.45) is 0 Å². The molecule has 0 heterocycles. The third-order valence-electron chi connectivity index (χ3n) is 1.73. The van der Waals surface area contributed by atoms with Crippen LogP contribution in [0.1, 0.15) is 31.3 Å². The molecule has 0 saturated carbocycles. The van der Waals surface area contributed by atoms with Crippen molar-refractivity contribution in [3.05, 3.63) is 23.8 Å². The van der Waals surface area contributed by atoms with E-state index in [4.69, 9.17) is 15.0 Å². The van der Waals surface area contributed by atoms with Crippen molar-refractivity contribution in [3.63, 3.8) is 0 Å². The van der Waals surface area contributed by atoms with Gasteiger partial charge in [0.05, 0.1) is 13.7 Å². The van der Waals surface area contributed by atoms with E-state index >= 15 is 0 Å². The lowest BCUT2D eigenvalue weighted by Gasteiger charge is -2.10. The monoisotopic (exact) mass is 198 g/mol. The van der Waals surface area contributed by atoms with E-state index in [2.05, 4.69) is 0 Å². The predicted molar refractivity (Wildman–Crippen MR) is 58.2 cm³/mol. The molecule has 0 amide bonds. The maximum Gasteiger partial charge on any atom is 0.161 e. The second kappa shape index (κ2) is 5.53. The molecule has 0 bridgehead atoms. The van der Waals surface area contributed by atoms with Gasteiger partial charge in [0.25, 0.3) is 0 Å². The summed E-state index contributed by atoms with van der Waals surface area (Å²) in [4.78, 5) is 0. The summed E-state index contributed by atoms with van der Waals surface area (Å²) in [6.45, 7) is 3.47. The molecule has 1 aromatic carbocycles. The molecule has 2 nitrogen and oxygen atoms in total. The second-order valence-corrected chi connectivity index (χ2v) is 2.67. The quantitative estimate of drug-likeness (QED) is 0.724. The zero-order chi connectivity index (χ0) is 14.0. The van der Waals surface area contributed by atoms with E-state index in [0.717, 1.165) is 0 Å². The summed E-state index contributed by atoms with van der Waals surface area (Å²) in [5, 5.41) is 0. The minimum atomic E-state index is -2.09. The lowest BCUT2D eigenvalue weighted by atomic mass is 10.1. The summed E-state index contributed by atoms with van der Waals surface area (Å²) in [6, 6.07) is 4.59. The minimum Gasteiger partial charge on any atom is -0.493 e. The number of aryl methyl sites for hydroxylation is 1. The highest BCUT2D eigenvalue weighted by atomic mass is 16.5. The number of methoxy groups -OCH3 is 1. The van der Waals surface area contributed by atoms with Crippen LogP contribution in [0.4, 0.5) is 0 Å². The molecule has 0 spiro atoms.